The Morgan fingerprint density at radius 3 is 3.16 bits per heavy atom. The summed E-state index contributed by atoms with van der Waals surface area (Å²) < 4.78 is 0. The Kier molecular flexibility index (Phi) is 4.97. The van der Waals surface area contributed by atoms with E-state index >= 15 is 0 Å². The largest absolute Gasteiger partial charge is 0.351 e. The Balaban J connectivity index is 1.84. The van der Waals surface area contributed by atoms with Crippen molar-refractivity contribution in [2.45, 2.75) is 6.42 Å². The molecule has 1 aromatic heterocycles. The summed E-state index contributed by atoms with van der Waals surface area (Å²) in [6, 6.07) is 3.69. The van der Waals surface area contributed by atoms with E-state index in [-0.39, 0.29) is 5.91 Å². The number of thiophene rings is 1. The van der Waals surface area contributed by atoms with Gasteiger partial charge in [-0.1, -0.05) is 11.8 Å². The predicted octanol–water partition coefficient (Wildman–Crippen LogP) is 0.740. The zero-order valence-electron chi connectivity index (χ0n) is 11.1. The zero-order chi connectivity index (χ0) is 13.7. The second-order valence-electron chi connectivity index (χ2n) is 4.80. The molecule has 1 fully saturated rings. The Bertz CT molecular complexity index is 500. The van der Waals surface area contributed by atoms with Crippen LogP contribution in [0.25, 0.3) is 0 Å². The van der Waals surface area contributed by atoms with Crippen LogP contribution in [-0.2, 0) is 0 Å². The molecule has 19 heavy (non-hydrogen) atoms. The van der Waals surface area contributed by atoms with E-state index < -0.39 is 0 Å². The summed E-state index contributed by atoms with van der Waals surface area (Å²) in [4.78, 5) is 15.9. The Hall–Kier alpha value is -1.35. The summed E-state index contributed by atoms with van der Waals surface area (Å²) in [5, 5.41) is 3.00. The Morgan fingerprint density at radius 1 is 1.63 bits per heavy atom. The lowest BCUT2D eigenvalue weighted by Gasteiger charge is -2.10. The summed E-state index contributed by atoms with van der Waals surface area (Å²) >= 11 is 1.41. The fraction of sp³-hybridized carbons (Fsp3) is 0.500. The van der Waals surface area contributed by atoms with E-state index in [1.807, 2.05) is 12.1 Å². The Morgan fingerprint density at radius 2 is 2.47 bits per heavy atom. The van der Waals surface area contributed by atoms with Crippen LogP contribution in [0, 0.1) is 17.8 Å². The van der Waals surface area contributed by atoms with Crippen molar-refractivity contribution in [1.82, 2.24) is 10.2 Å². The van der Waals surface area contributed by atoms with Crippen molar-refractivity contribution in [2.75, 3.05) is 33.2 Å². The van der Waals surface area contributed by atoms with Crippen molar-refractivity contribution in [2.24, 2.45) is 11.7 Å². The molecule has 2 rings (SSSR count). The number of carbonyl (C=O) groups excluding carboxylic acids is 1. The third kappa shape index (κ3) is 4.06. The average molecular weight is 277 g/mol. The number of hydrogen-bond acceptors (Lipinski definition) is 4. The van der Waals surface area contributed by atoms with Gasteiger partial charge in [0.25, 0.3) is 5.91 Å². The van der Waals surface area contributed by atoms with Gasteiger partial charge in [0.15, 0.2) is 0 Å². The van der Waals surface area contributed by atoms with Crippen molar-refractivity contribution in [3.05, 3.63) is 21.9 Å². The minimum absolute atomic E-state index is 0.000325. The molecule has 0 radical (unpaired) electrons. The molecule has 0 spiro atoms. The molecule has 4 nitrogen and oxygen atoms in total. The first-order valence-electron chi connectivity index (χ1n) is 6.44. The molecule has 1 aliphatic heterocycles. The number of hydrogen-bond donors (Lipinski definition) is 2. The molecule has 0 bridgehead atoms. The monoisotopic (exact) mass is 277 g/mol. The molecule has 1 unspecified atom stereocenters. The van der Waals surface area contributed by atoms with Gasteiger partial charge in [0.1, 0.15) is 0 Å². The lowest BCUT2D eigenvalue weighted by Crippen LogP contribution is -2.29. The highest BCUT2D eigenvalue weighted by molar-refractivity contribution is 7.14. The van der Waals surface area contributed by atoms with E-state index in [0.717, 1.165) is 30.9 Å². The molecule has 0 aromatic carbocycles. The van der Waals surface area contributed by atoms with Crippen molar-refractivity contribution in [3.63, 3.8) is 0 Å². The van der Waals surface area contributed by atoms with Crippen molar-refractivity contribution >= 4 is 17.2 Å². The molecule has 1 aliphatic rings. The highest BCUT2D eigenvalue weighted by Crippen LogP contribution is 2.16. The number of nitrogens with zero attached hydrogens (tertiary/aromatic N) is 1. The first-order chi connectivity index (χ1) is 9.19. The first kappa shape index (κ1) is 14.1. The van der Waals surface area contributed by atoms with Gasteiger partial charge in [-0.15, -0.1) is 11.3 Å². The van der Waals surface area contributed by atoms with Gasteiger partial charge in [-0.3, -0.25) is 4.79 Å². The molecular weight excluding hydrogens is 258 g/mol. The van der Waals surface area contributed by atoms with Crippen LogP contribution in [0.2, 0.25) is 0 Å². The number of nitrogens with two attached hydrogens (primary N) is 1. The van der Waals surface area contributed by atoms with Gasteiger partial charge < -0.3 is 16.0 Å². The van der Waals surface area contributed by atoms with Crippen LogP contribution in [0.5, 0.6) is 0 Å². The quantitative estimate of drug-likeness (QED) is 0.801. The van der Waals surface area contributed by atoms with E-state index in [2.05, 4.69) is 29.1 Å². The molecule has 5 heteroatoms. The Labute approximate surface area is 118 Å². The smallest absolute Gasteiger partial charge is 0.261 e. The molecule has 1 amide bonds. The number of amides is 1. The molecule has 0 aliphatic carbocycles. The number of rotatable bonds is 3. The third-order valence-corrected chi connectivity index (χ3v) is 4.18. The minimum Gasteiger partial charge on any atom is -0.351 e. The van der Waals surface area contributed by atoms with Gasteiger partial charge in [-0.05, 0) is 38.1 Å². The molecule has 1 atom stereocenters. The van der Waals surface area contributed by atoms with Gasteiger partial charge >= 0.3 is 0 Å². The highest BCUT2D eigenvalue weighted by atomic mass is 32.1. The molecular formula is C14H19N3OS. The number of likely N-dealkylation sites (tertiary alicyclic amines) is 1. The van der Waals surface area contributed by atoms with E-state index in [1.165, 1.54) is 11.3 Å². The van der Waals surface area contributed by atoms with E-state index in [9.17, 15) is 4.79 Å². The van der Waals surface area contributed by atoms with Crippen LogP contribution in [0.4, 0.5) is 0 Å². The van der Waals surface area contributed by atoms with Gasteiger partial charge in [0.2, 0.25) is 0 Å². The van der Waals surface area contributed by atoms with Crippen LogP contribution >= 0.6 is 11.3 Å². The van der Waals surface area contributed by atoms with Gasteiger partial charge in [-0.2, -0.15) is 0 Å². The van der Waals surface area contributed by atoms with Crippen LogP contribution in [0.15, 0.2) is 12.1 Å². The maximum absolute atomic E-state index is 12.0. The molecule has 102 valence electrons. The molecule has 1 aromatic rings. The third-order valence-electron chi connectivity index (χ3n) is 3.18. The fourth-order valence-corrected chi connectivity index (χ4v) is 2.98. The second kappa shape index (κ2) is 6.71. The van der Waals surface area contributed by atoms with E-state index in [1.54, 1.807) is 0 Å². The normalized spacial score (nSPS) is 18.9. The summed E-state index contributed by atoms with van der Waals surface area (Å²) in [5.41, 5.74) is 5.32. The minimum atomic E-state index is 0.000325. The number of nitrogens with one attached hydrogen (secondary N) is 1. The SMILES string of the molecule is CN1CCC(CNC(=O)c2ccc(C#CCN)s2)C1. The van der Waals surface area contributed by atoms with Gasteiger partial charge in [0, 0.05) is 13.1 Å². The molecule has 0 saturated carbocycles. The fourth-order valence-electron chi connectivity index (χ4n) is 2.18. The topological polar surface area (TPSA) is 58.4 Å². The van der Waals surface area contributed by atoms with Crippen LogP contribution in [0.3, 0.4) is 0 Å². The van der Waals surface area contributed by atoms with E-state index in [4.69, 9.17) is 5.73 Å². The maximum atomic E-state index is 12.0. The standard InChI is InChI=1S/C14H19N3OS/c1-17-8-6-11(10-17)9-16-14(18)13-5-4-12(19-13)3-2-7-15/h4-5,11H,6-10,15H2,1H3,(H,16,18). The summed E-state index contributed by atoms with van der Waals surface area (Å²) in [6.07, 6.45) is 1.16. The van der Waals surface area contributed by atoms with Crippen LogP contribution in [-0.4, -0.2) is 44.0 Å². The predicted molar refractivity (Wildman–Crippen MR) is 78.2 cm³/mol. The van der Waals surface area contributed by atoms with Crippen LogP contribution in [0.1, 0.15) is 21.0 Å². The molecule has 2 heterocycles. The zero-order valence-corrected chi connectivity index (χ0v) is 11.9. The van der Waals surface area contributed by atoms with Crippen molar-refractivity contribution < 1.29 is 4.79 Å². The van der Waals surface area contributed by atoms with Crippen molar-refractivity contribution in [3.8, 4) is 11.8 Å². The lowest BCUT2D eigenvalue weighted by molar-refractivity contribution is 0.0951. The molecule has 1 saturated heterocycles. The summed E-state index contributed by atoms with van der Waals surface area (Å²) in [7, 11) is 2.11. The summed E-state index contributed by atoms with van der Waals surface area (Å²) in [6.45, 7) is 3.29. The van der Waals surface area contributed by atoms with Crippen LogP contribution < -0.4 is 11.1 Å². The number of carbonyl (C=O) groups is 1. The lowest BCUT2D eigenvalue weighted by atomic mass is 10.1. The van der Waals surface area contributed by atoms with Crippen molar-refractivity contribution in [1.29, 1.82) is 0 Å². The summed E-state index contributed by atoms with van der Waals surface area (Å²) in [5.74, 6) is 6.30. The first-order valence-corrected chi connectivity index (χ1v) is 7.26. The molecule has 3 N–H and O–H groups in total. The second-order valence-corrected chi connectivity index (χ2v) is 5.88. The van der Waals surface area contributed by atoms with E-state index in [0.29, 0.717) is 17.3 Å². The highest BCUT2D eigenvalue weighted by Gasteiger charge is 2.20. The van der Waals surface area contributed by atoms with Gasteiger partial charge in [-0.25, -0.2) is 0 Å². The maximum Gasteiger partial charge on any atom is 0.261 e. The average Bonchev–Trinajstić information content (AvgIpc) is 3.02. The van der Waals surface area contributed by atoms with Gasteiger partial charge in [0.05, 0.1) is 16.3 Å².